The number of rotatable bonds is 14. The largest absolute Gasteiger partial charge is 0.455 e. The van der Waals surface area contributed by atoms with Crippen LogP contribution in [0.25, 0.3) is 16.6 Å². The summed E-state index contributed by atoms with van der Waals surface area (Å²) in [5, 5.41) is 15.8. The topological polar surface area (TPSA) is 209 Å². The van der Waals surface area contributed by atoms with Gasteiger partial charge in [-0.15, -0.1) is 0 Å². The lowest BCUT2D eigenvalue weighted by Crippen LogP contribution is -2.47. The zero-order valence-electron chi connectivity index (χ0n) is 38.4. The molecule has 1 amide bonds. The van der Waals surface area contributed by atoms with Gasteiger partial charge in [0.1, 0.15) is 22.8 Å². The number of H-pyrrole nitrogens is 1. The SMILES string of the molecule is Cc1cc(C(F)(F)F)ccc1C1=C(CN2CCN(c3ccc(C(=O)NS(=O)(=O)c4ccc(NCC5CN(S(C)(=O)=O)CCO5)c([N+](=O)[O-])c4)c(Oc4cnc5[nH]ccc5c4)c3)CC2)CCC(C)(C)C1. The molecular weight excluding hydrogens is 942 g/mol. The third-order valence-electron chi connectivity index (χ3n) is 12.8. The van der Waals surface area contributed by atoms with Gasteiger partial charge in [0.15, 0.2) is 0 Å². The molecule has 2 aliphatic heterocycles. The Morgan fingerprint density at radius 3 is 2.49 bits per heavy atom. The average Bonchev–Trinajstić information content (AvgIpc) is 3.76. The average molecular weight is 995 g/mol. The number of nitro benzene ring substituents is 1. The second-order valence-electron chi connectivity index (χ2n) is 18.4. The van der Waals surface area contributed by atoms with Crippen LogP contribution in [0.3, 0.4) is 0 Å². The summed E-state index contributed by atoms with van der Waals surface area (Å²) in [6, 6.07) is 15.4. The zero-order valence-corrected chi connectivity index (χ0v) is 40.1. The Labute approximate surface area is 397 Å². The minimum Gasteiger partial charge on any atom is -0.455 e. The number of allylic oxidation sites excluding steroid dienone is 1. The fourth-order valence-corrected chi connectivity index (χ4v) is 10.9. The minimum absolute atomic E-state index is 0.00600. The lowest BCUT2D eigenvalue weighted by Gasteiger charge is -2.39. The summed E-state index contributed by atoms with van der Waals surface area (Å²) in [5.74, 6) is -0.768. The number of aromatic amines is 1. The fourth-order valence-electron chi connectivity index (χ4n) is 9.04. The predicted molar refractivity (Wildman–Crippen MR) is 254 cm³/mol. The number of sulfonamides is 2. The molecule has 22 heteroatoms. The lowest BCUT2D eigenvalue weighted by molar-refractivity contribution is -0.384. The van der Waals surface area contributed by atoms with Crippen molar-refractivity contribution in [1.82, 2.24) is 23.9 Å². The van der Waals surface area contributed by atoms with Gasteiger partial charge in [-0.05, 0) is 96.8 Å². The van der Waals surface area contributed by atoms with Crippen LogP contribution in [-0.4, -0.2) is 118 Å². The van der Waals surface area contributed by atoms with E-state index in [2.05, 4.69) is 38.9 Å². The number of alkyl halides is 3. The molecular formula is C47H53F3N8O9S2. The number of carbonyl (C=O) groups is 1. The molecule has 4 heterocycles. The second-order valence-corrected chi connectivity index (χ2v) is 22.1. The maximum Gasteiger partial charge on any atom is 0.416 e. The van der Waals surface area contributed by atoms with Crippen LogP contribution >= 0.6 is 0 Å². The number of aromatic nitrogens is 2. The molecule has 1 aliphatic carbocycles. The molecule has 3 aliphatic rings. The van der Waals surface area contributed by atoms with E-state index in [0.29, 0.717) is 49.6 Å². The quantitative estimate of drug-likeness (QED) is 0.0726. The van der Waals surface area contributed by atoms with Gasteiger partial charge in [-0.25, -0.2) is 26.5 Å². The van der Waals surface area contributed by atoms with Crippen LogP contribution in [0, 0.1) is 22.5 Å². The monoisotopic (exact) mass is 994 g/mol. The van der Waals surface area contributed by atoms with E-state index in [-0.39, 0.29) is 54.4 Å². The number of nitrogens with zero attached hydrogens (tertiary/aromatic N) is 5. The van der Waals surface area contributed by atoms with Crippen molar-refractivity contribution >= 4 is 59.6 Å². The van der Waals surface area contributed by atoms with Gasteiger partial charge in [0.2, 0.25) is 10.0 Å². The van der Waals surface area contributed by atoms with E-state index >= 15 is 0 Å². The molecule has 0 saturated carbocycles. The number of amides is 1. The van der Waals surface area contributed by atoms with Gasteiger partial charge in [0, 0.05) is 81.8 Å². The van der Waals surface area contributed by atoms with Crippen LogP contribution in [0.15, 0.2) is 89.6 Å². The molecule has 2 aromatic heterocycles. The highest BCUT2D eigenvalue weighted by atomic mass is 32.2. The molecule has 17 nitrogen and oxygen atoms in total. The third-order valence-corrected chi connectivity index (χ3v) is 15.4. The van der Waals surface area contributed by atoms with E-state index < -0.39 is 59.3 Å². The Hall–Kier alpha value is -6.07. The van der Waals surface area contributed by atoms with Crippen LogP contribution in [0.5, 0.6) is 11.5 Å². The Morgan fingerprint density at radius 1 is 1.01 bits per heavy atom. The van der Waals surface area contributed by atoms with Gasteiger partial charge in [0.25, 0.3) is 21.6 Å². The number of hydrogen-bond donors (Lipinski definition) is 3. The van der Waals surface area contributed by atoms with Gasteiger partial charge < -0.3 is 24.7 Å². The summed E-state index contributed by atoms with van der Waals surface area (Å²) < 4.78 is 107. The molecule has 2 fully saturated rings. The molecule has 2 saturated heterocycles. The molecule has 3 N–H and O–H groups in total. The summed E-state index contributed by atoms with van der Waals surface area (Å²) in [5.41, 5.74) is 3.60. The first-order valence-electron chi connectivity index (χ1n) is 22.3. The van der Waals surface area contributed by atoms with Crippen molar-refractivity contribution in [2.45, 2.75) is 57.2 Å². The van der Waals surface area contributed by atoms with Crippen LogP contribution in [0.2, 0.25) is 0 Å². The fraction of sp³-hybridized carbons (Fsp3) is 0.404. The number of morpholine rings is 1. The van der Waals surface area contributed by atoms with E-state index in [0.717, 1.165) is 60.2 Å². The van der Waals surface area contributed by atoms with E-state index in [1.807, 2.05) is 4.72 Å². The van der Waals surface area contributed by atoms with Gasteiger partial charge in [-0.3, -0.25) is 19.8 Å². The van der Waals surface area contributed by atoms with Gasteiger partial charge in [-0.2, -0.15) is 17.5 Å². The van der Waals surface area contributed by atoms with Crippen LogP contribution in [-0.2, 0) is 31.0 Å². The highest BCUT2D eigenvalue weighted by Gasteiger charge is 2.34. The highest BCUT2D eigenvalue weighted by Crippen LogP contribution is 2.45. The molecule has 69 heavy (non-hydrogen) atoms. The van der Waals surface area contributed by atoms with E-state index in [1.165, 1.54) is 34.3 Å². The molecule has 0 radical (unpaired) electrons. The van der Waals surface area contributed by atoms with Gasteiger partial charge >= 0.3 is 6.18 Å². The highest BCUT2D eigenvalue weighted by molar-refractivity contribution is 7.90. The van der Waals surface area contributed by atoms with Crippen LogP contribution < -0.4 is 19.7 Å². The first-order valence-corrected chi connectivity index (χ1v) is 25.6. The predicted octanol–water partition coefficient (Wildman–Crippen LogP) is 7.57. The Morgan fingerprint density at radius 2 is 1.78 bits per heavy atom. The molecule has 0 spiro atoms. The molecule has 0 bridgehead atoms. The number of piperazine rings is 1. The number of benzene rings is 3. The van der Waals surface area contributed by atoms with Crippen LogP contribution in [0.1, 0.15) is 60.2 Å². The molecule has 5 aromatic rings. The number of carbonyl (C=O) groups excluding carboxylic acids is 1. The second kappa shape index (κ2) is 19.4. The molecule has 8 rings (SSSR count). The standard InChI is InChI=1S/C47H53F3N8O9S2/c1-30-21-33(47(48,49)50)5-8-38(30)40-25-46(2,3)13-11-32(40)28-55-15-17-56(18-16-55)34-6-9-39(43(23-34)67-35-22-31-12-14-51-44(31)53-26-35)45(59)54-69(64,65)37-7-10-41(42(24-37)58(60)61)52-27-36-29-57(19-20-66-36)68(4,62)63/h5-10,12,14,21-24,26,36,52H,11,13,15-20,25,27-29H2,1-4H3,(H,51,53)(H,54,59). The smallest absolute Gasteiger partial charge is 0.416 e. The Kier molecular flexibility index (Phi) is 13.9. The minimum atomic E-state index is -4.70. The first kappa shape index (κ1) is 49.4. The molecule has 3 aromatic carbocycles. The molecule has 368 valence electrons. The van der Waals surface area contributed by atoms with E-state index in [4.69, 9.17) is 9.47 Å². The summed E-state index contributed by atoms with van der Waals surface area (Å²) in [7, 11) is -8.19. The van der Waals surface area contributed by atoms with E-state index in [1.54, 1.807) is 43.5 Å². The number of nitrogens with one attached hydrogen (secondary N) is 3. The number of ether oxygens (including phenoxy) is 2. The van der Waals surface area contributed by atoms with Crippen molar-refractivity contribution < 1.29 is 49.2 Å². The van der Waals surface area contributed by atoms with Crippen molar-refractivity contribution in [2.75, 3.05) is 75.4 Å². The van der Waals surface area contributed by atoms with Crippen molar-refractivity contribution in [3.63, 3.8) is 0 Å². The van der Waals surface area contributed by atoms with Crippen molar-refractivity contribution in [1.29, 1.82) is 0 Å². The summed E-state index contributed by atoms with van der Waals surface area (Å²) in [6.07, 6.45) is 1.72. The maximum absolute atomic E-state index is 14.0. The third kappa shape index (κ3) is 11.5. The number of pyridine rings is 1. The Bertz CT molecular complexity index is 3040. The summed E-state index contributed by atoms with van der Waals surface area (Å²) >= 11 is 0. The van der Waals surface area contributed by atoms with Gasteiger partial charge in [-0.1, -0.05) is 25.5 Å². The Balaban J connectivity index is 0.996. The van der Waals surface area contributed by atoms with Crippen molar-refractivity contribution in [3.8, 4) is 11.5 Å². The van der Waals surface area contributed by atoms with Gasteiger partial charge in [0.05, 0.1) is 46.1 Å². The van der Waals surface area contributed by atoms with E-state index in [9.17, 15) is 44.9 Å². The molecule has 1 unspecified atom stereocenters. The van der Waals surface area contributed by atoms with Crippen molar-refractivity contribution in [3.05, 3.63) is 117 Å². The number of aryl methyl sites for hydroxylation is 1. The number of hydrogen-bond acceptors (Lipinski definition) is 13. The first-order chi connectivity index (χ1) is 32.5. The number of anilines is 2. The lowest BCUT2D eigenvalue weighted by atomic mass is 9.72. The number of halogens is 3. The molecule has 1 atom stereocenters. The summed E-state index contributed by atoms with van der Waals surface area (Å²) in [4.78, 5) is 36.6. The van der Waals surface area contributed by atoms with Crippen molar-refractivity contribution in [2.24, 2.45) is 5.41 Å². The number of fused-ring (bicyclic) bond motifs is 1. The zero-order chi connectivity index (χ0) is 49.5. The maximum atomic E-state index is 14.0. The number of nitro groups is 1. The summed E-state index contributed by atoms with van der Waals surface area (Å²) in [6.45, 7) is 9.57. The normalized spacial score (nSPS) is 18.6. The van der Waals surface area contributed by atoms with Crippen LogP contribution in [0.4, 0.5) is 30.2 Å².